The molecule has 0 bridgehead atoms. The summed E-state index contributed by atoms with van der Waals surface area (Å²) in [7, 11) is 4.30. The average Bonchev–Trinajstić information content (AvgIpc) is 2.34. The fraction of sp³-hybridized carbons (Fsp3) is 0.562. The molecule has 1 atom stereocenters. The Kier molecular flexibility index (Phi) is 5.41. The highest BCUT2D eigenvalue weighted by atomic mass is 35.5. The van der Waals surface area contributed by atoms with Crippen molar-refractivity contribution < 1.29 is 0 Å². The third-order valence-corrected chi connectivity index (χ3v) is 3.93. The molecule has 104 valence electrons. The Labute approximate surface area is 121 Å². The molecule has 1 unspecified atom stereocenters. The van der Waals surface area contributed by atoms with Gasteiger partial charge in [-0.2, -0.15) is 0 Å². The van der Waals surface area contributed by atoms with Crippen LogP contribution in [0.1, 0.15) is 37.7 Å². The number of halogens is 1. The number of pyridine rings is 1. The Morgan fingerprint density at radius 2 is 2.11 bits per heavy atom. The fourth-order valence-corrected chi connectivity index (χ4v) is 2.93. The van der Waals surface area contributed by atoms with E-state index in [4.69, 9.17) is 11.6 Å². The molecule has 2 rings (SSSR count). The summed E-state index contributed by atoms with van der Waals surface area (Å²) in [6, 6.07) is 3.99. The van der Waals surface area contributed by atoms with Crippen molar-refractivity contribution in [1.82, 2.24) is 9.88 Å². The van der Waals surface area contributed by atoms with Crippen molar-refractivity contribution in [2.45, 2.75) is 32.1 Å². The van der Waals surface area contributed by atoms with Gasteiger partial charge in [0.25, 0.3) is 0 Å². The first kappa shape index (κ1) is 14.5. The lowest BCUT2D eigenvalue weighted by Gasteiger charge is -2.26. The lowest BCUT2D eigenvalue weighted by molar-refractivity contribution is 0.346. The van der Waals surface area contributed by atoms with Crippen molar-refractivity contribution in [1.29, 1.82) is 0 Å². The van der Waals surface area contributed by atoms with Gasteiger partial charge in [0.1, 0.15) is 5.15 Å². The monoisotopic (exact) mass is 278 g/mol. The van der Waals surface area contributed by atoms with Crippen LogP contribution in [-0.4, -0.2) is 30.5 Å². The van der Waals surface area contributed by atoms with Gasteiger partial charge in [-0.3, -0.25) is 0 Å². The van der Waals surface area contributed by atoms with Crippen molar-refractivity contribution in [2.24, 2.45) is 5.92 Å². The Bertz CT molecular complexity index is 423. The molecule has 0 aliphatic heterocycles. The van der Waals surface area contributed by atoms with Crippen LogP contribution in [0.3, 0.4) is 0 Å². The molecule has 1 aliphatic rings. The number of allylic oxidation sites excluding steroid dienone is 1. The molecule has 0 N–H and O–H groups in total. The highest BCUT2D eigenvalue weighted by Gasteiger charge is 2.18. The summed E-state index contributed by atoms with van der Waals surface area (Å²) in [5.74, 6) is 0.610. The van der Waals surface area contributed by atoms with Crippen molar-refractivity contribution >= 4 is 17.2 Å². The van der Waals surface area contributed by atoms with Crippen molar-refractivity contribution in [3.05, 3.63) is 35.1 Å². The van der Waals surface area contributed by atoms with E-state index in [-0.39, 0.29) is 0 Å². The van der Waals surface area contributed by atoms with Crippen LogP contribution in [0.25, 0.3) is 5.57 Å². The smallest absolute Gasteiger partial charge is 0.129 e. The molecule has 0 spiro atoms. The molecule has 1 aliphatic carbocycles. The maximum Gasteiger partial charge on any atom is 0.129 e. The molecule has 0 saturated heterocycles. The summed E-state index contributed by atoms with van der Waals surface area (Å²) in [6.07, 6.45) is 10.8. The van der Waals surface area contributed by atoms with E-state index in [0.717, 1.165) is 6.54 Å². The molecule has 1 heterocycles. The van der Waals surface area contributed by atoms with Gasteiger partial charge in [-0.15, -0.1) is 0 Å². The van der Waals surface area contributed by atoms with Gasteiger partial charge < -0.3 is 4.90 Å². The molecular weight excluding hydrogens is 256 g/mol. The zero-order valence-electron chi connectivity index (χ0n) is 11.9. The molecule has 0 fully saturated rings. The van der Waals surface area contributed by atoms with Crippen molar-refractivity contribution in [3.63, 3.8) is 0 Å². The number of hydrogen-bond donors (Lipinski definition) is 0. The molecule has 0 saturated carbocycles. The molecule has 1 aromatic heterocycles. The maximum atomic E-state index is 5.89. The molecule has 0 amide bonds. The summed E-state index contributed by atoms with van der Waals surface area (Å²) < 4.78 is 0. The van der Waals surface area contributed by atoms with Crippen LogP contribution in [0.4, 0.5) is 0 Å². The Balaban J connectivity index is 2.26. The van der Waals surface area contributed by atoms with E-state index in [0.29, 0.717) is 11.1 Å². The van der Waals surface area contributed by atoms with Crippen LogP contribution < -0.4 is 0 Å². The summed E-state index contributed by atoms with van der Waals surface area (Å²) in [5.41, 5.74) is 2.69. The van der Waals surface area contributed by atoms with Crippen LogP contribution in [-0.2, 0) is 0 Å². The molecule has 19 heavy (non-hydrogen) atoms. The van der Waals surface area contributed by atoms with Crippen molar-refractivity contribution in [2.75, 3.05) is 20.6 Å². The van der Waals surface area contributed by atoms with Crippen LogP contribution in [0.2, 0.25) is 5.15 Å². The SMILES string of the molecule is CN(C)CC1CCCCC/C=C\1c1ccc(Cl)nc1. The third kappa shape index (κ3) is 4.32. The minimum absolute atomic E-state index is 0.569. The predicted octanol–water partition coefficient (Wildman–Crippen LogP) is 4.26. The lowest BCUT2D eigenvalue weighted by atomic mass is 9.85. The molecular formula is C16H23ClN2. The van der Waals surface area contributed by atoms with Gasteiger partial charge in [-0.25, -0.2) is 4.98 Å². The van der Waals surface area contributed by atoms with Gasteiger partial charge in [-0.1, -0.05) is 36.6 Å². The maximum absolute atomic E-state index is 5.89. The average molecular weight is 279 g/mol. The first-order chi connectivity index (χ1) is 9.16. The van der Waals surface area contributed by atoms with E-state index in [1.807, 2.05) is 12.3 Å². The molecule has 2 nitrogen and oxygen atoms in total. The topological polar surface area (TPSA) is 16.1 Å². The van der Waals surface area contributed by atoms with Crippen LogP contribution in [0, 0.1) is 5.92 Å². The van der Waals surface area contributed by atoms with Gasteiger partial charge in [0.2, 0.25) is 0 Å². The van der Waals surface area contributed by atoms with E-state index in [9.17, 15) is 0 Å². The van der Waals surface area contributed by atoms with Crippen LogP contribution in [0.5, 0.6) is 0 Å². The van der Waals surface area contributed by atoms with E-state index in [1.54, 1.807) is 0 Å². The number of rotatable bonds is 3. The highest BCUT2D eigenvalue weighted by molar-refractivity contribution is 6.29. The summed E-state index contributed by atoms with van der Waals surface area (Å²) in [4.78, 5) is 6.51. The second-order valence-electron chi connectivity index (χ2n) is 5.63. The zero-order valence-corrected chi connectivity index (χ0v) is 12.7. The predicted molar refractivity (Wildman–Crippen MR) is 82.4 cm³/mol. The summed E-state index contributed by atoms with van der Waals surface area (Å²) >= 11 is 5.89. The molecule has 3 heteroatoms. The van der Waals surface area contributed by atoms with Gasteiger partial charge in [0, 0.05) is 12.7 Å². The number of aromatic nitrogens is 1. The van der Waals surface area contributed by atoms with E-state index in [1.165, 1.54) is 43.2 Å². The fourth-order valence-electron chi connectivity index (χ4n) is 2.82. The number of hydrogen-bond acceptors (Lipinski definition) is 2. The first-order valence-corrected chi connectivity index (χ1v) is 7.51. The quantitative estimate of drug-likeness (QED) is 0.768. The Morgan fingerprint density at radius 1 is 1.26 bits per heavy atom. The number of nitrogens with zero attached hydrogens (tertiary/aromatic N) is 2. The summed E-state index contributed by atoms with van der Waals surface area (Å²) in [6.45, 7) is 1.11. The van der Waals surface area contributed by atoms with Gasteiger partial charge >= 0.3 is 0 Å². The Morgan fingerprint density at radius 3 is 2.79 bits per heavy atom. The molecule has 0 aromatic carbocycles. The zero-order chi connectivity index (χ0) is 13.7. The van der Waals surface area contributed by atoms with E-state index >= 15 is 0 Å². The second kappa shape index (κ2) is 7.06. The van der Waals surface area contributed by atoms with Crippen LogP contribution in [0.15, 0.2) is 24.4 Å². The van der Waals surface area contributed by atoms with Gasteiger partial charge in [0.15, 0.2) is 0 Å². The summed E-state index contributed by atoms with van der Waals surface area (Å²) in [5, 5.41) is 0.569. The molecule has 0 radical (unpaired) electrons. The van der Waals surface area contributed by atoms with E-state index in [2.05, 4.69) is 36.1 Å². The highest BCUT2D eigenvalue weighted by Crippen LogP contribution is 2.31. The van der Waals surface area contributed by atoms with Gasteiger partial charge in [0.05, 0.1) is 0 Å². The van der Waals surface area contributed by atoms with Gasteiger partial charge in [-0.05, 0) is 56.5 Å². The Hall–Kier alpha value is -0.860. The largest absolute Gasteiger partial charge is 0.309 e. The minimum Gasteiger partial charge on any atom is -0.309 e. The first-order valence-electron chi connectivity index (χ1n) is 7.13. The third-order valence-electron chi connectivity index (χ3n) is 3.71. The normalized spacial score (nSPS) is 23.6. The van der Waals surface area contributed by atoms with Crippen molar-refractivity contribution in [3.8, 4) is 0 Å². The lowest BCUT2D eigenvalue weighted by Crippen LogP contribution is -2.23. The minimum atomic E-state index is 0.569. The molecule has 1 aromatic rings. The standard InChI is InChI=1S/C16H23ClN2/c1-19(2)12-14-7-5-3-4-6-8-15(14)13-9-10-16(17)18-11-13/h8-11,14H,3-7,12H2,1-2H3/b15-8-. The van der Waals surface area contributed by atoms with E-state index < -0.39 is 0 Å². The second-order valence-corrected chi connectivity index (χ2v) is 6.01. The van der Waals surface area contributed by atoms with Crippen LogP contribution >= 0.6 is 11.6 Å².